The van der Waals surface area contributed by atoms with Crippen LogP contribution in [-0.2, 0) is 34.8 Å². The number of esters is 1. The number of rotatable bonds is 16. The number of aliphatic hydroxyl groups is 2. The van der Waals surface area contributed by atoms with Crippen molar-refractivity contribution >= 4 is 34.1 Å². The fourth-order valence-corrected chi connectivity index (χ4v) is 8.94. The molecule has 8 rings (SSSR count). The second-order valence-corrected chi connectivity index (χ2v) is 17.1. The molecule has 63 heavy (non-hydrogen) atoms. The van der Waals surface area contributed by atoms with Gasteiger partial charge in [-0.05, 0) is 96.1 Å². The van der Waals surface area contributed by atoms with E-state index >= 15 is 0 Å². The predicted molar refractivity (Wildman–Crippen MR) is 243 cm³/mol. The highest BCUT2D eigenvalue weighted by Crippen LogP contribution is 2.36. The van der Waals surface area contributed by atoms with E-state index in [2.05, 4.69) is 49.8 Å². The van der Waals surface area contributed by atoms with E-state index in [9.17, 15) is 29.7 Å². The molecule has 0 spiro atoms. The number of fused-ring (bicyclic) bond motifs is 1. The number of pyridine rings is 2. The molecular weight excluding hydrogens is 815 g/mol. The van der Waals surface area contributed by atoms with E-state index in [1.807, 2.05) is 42.5 Å². The van der Waals surface area contributed by atoms with Crippen molar-refractivity contribution in [2.45, 2.75) is 44.2 Å². The number of benzene rings is 4. The molecule has 4 heterocycles. The van der Waals surface area contributed by atoms with E-state index in [4.69, 9.17) is 4.74 Å². The van der Waals surface area contributed by atoms with Crippen molar-refractivity contribution in [3.05, 3.63) is 188 Å². The lowest BCUT2D eigenvalue weighted by Crippen LogP contribution is -2.40. The summed E-state index contributed by atoms with van der Waals surface area (Å²) in [6, 6.07) is 40.0. The van der Waals surface area contributed by atoms with Crippen LogP contribution in [0.4, 0.5) is 0 Å². The third-order valence-corrected chi connectivity index (χ3v) is 12.7. The number of carbonyl (C=O) groups excluding carboxylic acids is 2. The van der Waals surface area contributed by atoms with Crippen molar-refractivity contribution in [1.82, 2.24) is 25.5 Å². The van der Waals surface area contributed by atoms with Crippen LogP contribution in [0.25, 0.3) is 21.3 Å². The Morgan fingerprint density at radius 1 is 0.857 bits per heavy atom. The van der Waals surface area contributed by atoms with Gasteiger partial charge >= 0.3 is 5.97 Å². The largest absolute Gasteiger partial charge is 0.506 e. The zero-order valence-corrected chi connectivity index (χ0v) is 35.4. The van der Waals surface area contributed by atoms with Gasteiger partial charge in [0.15, 0.2) is 0 Å². The van der Waals surface area contributed by atoms with Gasteiger partial charge in [0.2, 0.25) is 11.2 Å². The van der Waals surface area contributed by atoms with E-state index < -0.39 is 17.7 Å². The summed E-state index contributed by atoms with van der Waals surface area (Å²) < 4.78 is 5.94. The second-order valence-electron chi connectivity index (χ2n) is 15.9. The number of hydrogen-bond acceptors (Lipinski definition) is 11. The third kappa shape index (κ3) is 10.3. The zero-order chi connectivity index (χ0) is 43.8. The van der Waals surface area contributed by atoms with E-state index in [0.717, 1.165) is 53.4 Å². The second kappa shape index (κ2) is 19.7. The van der Waals surface area contributed by atoms with Gasteiger partial charge in [0, 0.05) is 52.6 Å². The number of hydrogen-bond donors (Lipinski definition) is 6. The van der Waals surface area contributed by atoms with Crippen molar-refractivity contribution in [2.24, 2.45) is 5.92 Å². The molecule has 0 aliphatic carbocycles. The molecule has 1 aliphatic heterocycles. The molecule has 0 bridgehead atoms. The Morgan fingerprint density at radius 3 is 2.38 bits per heavy atom. The van der Waals surface area contributed by atoms with Gasteiger partial charge in [-0.25, -0.2) is 4.79 Å². The Labute approximate surface area is 368 Å². The summed E-state index contributed by atoms with van der Waals surface area (Å²) >= 11 is 1.50. The molecule has 1 saturated heterocycles. The fourth-order valence-electron chi connectivity index (χ4n) is 7.99. The lowest BCUT2D eigenvalue weighted by atomic mass is 9.85. The molecule has 1 aliphatic rings. The Balaban J connectivity index is 0.848. The first-order valence-electron chi connectivity index (χ1n) is 21.0. The fraction of sp³-hybridized carbons (Fsp3) is 0.240. The Morgan fingerprint density at radius 2 is 1.62 bits per heavy atom. The molecule has 2 atom stereocenters. The van der Waals surface area contributed by atoms with Crippen LogP contribution in [0.1, 0.15) is 62.1 Å². The van der Waals surface area contributed by atoms with Gasteiger partial charge in [0.1, 0.15) is 11.4 Å². The van der Waals surface area contributed by atoms with Crippen LogP contribution in [0.5, 0.6) is 5.75 Å². The molecule has 0 saturated carbocycles. The number of carbonyl (C=O) groups is 2. The van der Waals surface area contributed by atoms with Gasteiger partial charge in [0.25, 0.3) is 5.91 Å². The number of aromatic hydroxyl groups is 1. The number of aliphatic hydroxyl groups excluding tert-OH is 1. The van der Waals surface area contributed by atoms with Crippen LogP contribution >= 0.6 is 11.3 Å². The monoisotopic (exact) mass is 863 g/mol. The average Bonchev–Trinajstić information content (AvgIpc) is 3.80. The topological polar surface area (TPSA) is 177 Å². The van der Waals surface area contributed by atoms with E-state index in [1.165, 1.54) is 29.0 Å². The maximum atomic E-state index is 14.0. The van der Waals surface area contributed by atoms with E-state index in [0.29, 0.717) is 28.6 Å². The maximum Gasteiger partial charge on any atom is 0.347 e. The zero-order valence-electron chi connectivity index (χ0n) is 34.6. The number of phenolic OH excluding ortho intramolecular Hbond substituents is 1. The van der Waals surface area contributed by atoms with Gasteiger partial charge in [0.05, 0.1) is 24.8 Å². The van der Waals surface area contributed by atoms with Crippen LogP contribution in [0.3, 0.4) is 0 Å². The summed E-state index contributed by atoms with van der Waals surface area (Å²) in [5.41, 5.74) is 2.46. The predicted octanol–water partition coefficient (Wildman–Crippen LogP) is 6.80. The molecule has 0 unspecified atom stereocenters. The Kier molecular flexibility index (Phi) is 13.5. The summed E-state index contributed by atoms with van der Waals surface area (Å²) in [6.07, 6.45) is 2.51. The number of phenols is 1. The molecule has 0 radical (unpaired) electrons. The van der Waals surface area contributed by atoms with Crippen LogP contribution < -0.4 is 16.2 Å². The molecule has 3 aromatic heterocycles. The molecule has 13 heteroatoms. The number of aromatic nitrogens is 2. The van der Waals surface area contributed by atoms with Crippen LogP contribution in [0.2, 0.25) is 0 Å². The first kappa shape index (κ1) is 43.2. The van der Waals surface area contributed by atoms with Crippen molar-refractivity contribution in [2.75, 3.05) is 26.2 Å². The van der Waals surface area contributed by atoms with Crippen LogP contribution in [0.15, 0.2) is 144 Å². The normalized spacial score (nSPS) is 14.8. The van der Waals surface area contributed by atoms with Crippen molar-refractivity contribution < 1.29 is 29.6 Å². The molecule has 322 valence electrons. The standard InChI is InChI=1S/C50H49N5O7S/c56-43-19-16-40(41-17-21-46(58)54-47(41)43)44(57)30-51-27-35-14-18-42(52-28-35)48(59)53-29-39-15-20-45(63-39)36-10-7-13-38(26-36)50(61,37-11-5-2-6-12-37)49(60)62-32-34-22-24-55(25-23-34)31-33-8-3-1-4-9-33/h1-21,26,28,34,44,51,56-57,61H,22-25,27,29-32H2,(H,53,59)(H,54,58)/t44-,50-/m0/s1. The summed E-state index contributed by atoms with van der Waals surface area (Å²) in [5, 5.41) is 40.0. The number of piperidine rings is 1. The Hall–Kier alpha value is -6.48. The number of likely N-dealkylation sites (tertiary alicyclic amines) is 1. The van der Waals surface area contributed by atoms with Gasteiger partial charge < -0.3 is 35.7 Å². The summed E-state index contributed by atoms with van der Waals surface area (Å²) in [7, 11) is 0. The average molecular weight is 864 g/mol. The quantitative estimate of drug-likeness (QED) is 0.0567. The summed E-state index contributed by atoms with van der Waals surface area (Å²) in [4.78, 5) is 50.0. The minimum Gasteiger partial charge on any atom is -0.506 e. The molecule has 12 nitrogen and oxygen atoms in total. The minimum absolute atomic E-state index is 0.0736. The number of ether oxygens (including phenoxy) is 1. The number of H-pyrrole nitrogens is 1. The SMILES string of the molecule is O=C(NCc1ccc(-c2cccc([C@](O)(C(=O)OCC3CCN(Cc4ccccc4)CC3)c3ccccc3)c2)s1)c1ccc(CNC[C@H](O)c2ccc(O)c3[nH]c(=O)ccc23)cn1. The molecule has 1 amide bonds. The number of amides is 1. The van der Waals surface area contributed by atoms with E-state index in [1.54, 1.807) is 60.8 Å². The lowest BCUT2D eigenvalue weighted by Gasteiger charge is -2.33. The summed E-state index contributed by atoms with van der Waals surface area (Å²) in [6.45, 7) is 3.83. The third-order valence-electron chi connectivity index (χ3n) is 11.5. The smallest absolute Gasteiger partial charge is 0.347 e. The van der Waals surface area contributed by atoms with Gasteiger partial charge in [-0.15, -0.1) is 11.3 Å². The van der Waals surface area contributed by atoms with E-state index in [-0.39, 0.29) is 54.0 Å². The molecule has 4 aromatic carbocycles. The minimum atomic E-state index is -2.02. The van der Waals surface area contributed by atoms with Gasteiger partial charge in [-0.3, -0.25) is 19.5 Å². The highest BCUT2D eigenvalue weighted by atomic mass is 32.1. The first-order chi connectivity index (χ1) is 30.6. The Bertz CT molecular complexity index is 2720. The van der Waals surface area contributed by atoms with Crippen molar-refractivity contribution in [3.8, 4) is 16.2 Å². The molecule has 1 fully saturated rings. The number of thiophene rings is 1. The highest BCUT2D eigenvalue weighted by molar-refractivity contribution is 7.15. The highest BCUT2D eigenvalue weighted by Gasteiger charge is 2.42. The number of aromatic amines is 1. The number of nitrogens with one attached hydrogen (secondary N) is 3. The maximum absolute atomic E-state index is 14.0. The van der Waals surface area contributed by atoms with Gasteiger partial charge in [-0.2, -0.15) is 0 Å². The molecule has 7 aromatic rings. The first-order valence-corrected chi connectivity index (χ1v) is 21.8. The number of nitrogens with zero attached hydrogens (tertiary/aromatic N) is 2. The summed E-state index contributed by atoms with van der Waals surface area (Å²) in [5.74, 6) is -0.902. The van der Waals surface area contributed by atoms with Crippen LogP contribution in [0, 0.1) is 5.92 Å². The lowest BCUT2D eigenvalue weighted by molar-refractivity contribution is -0.164. The van der Waals surface area contributed by atoms with Crippen molar-refractivity contribution in [1.29, 1.82) is 0 Å². The molecular formula is C50H49N5O7S. The van der Waals surface area contributed by atoms with Crippen molar-refractivity contribution in [3.63, 3.8) is 0 Å². The van der Waals surface area contributed by atoms with Crippen LogP contribution in [-0.4, -0.2) is 68.3 Å². The van der Waals surface area contributed by atoms with Gasteiger partial charge in [-0.1, -0.05) is 91.0 Å². The molecule has 6 N–H and O–H groups in total.